The van der Waals surface area contributed by atoms with E-state index in [0.29, 0.717) is 23.7 Å². The smallest absolute Gasteiger partial charge is 0.289 e. The summed E-state index contributed by atoms with van der Waals surface area (Å²) in [6.07, 6.45) is 2.34. The normalized spacial score (nSPS) is 16.0. The van der Waals surface area contributed by atoms with Gasteiger partial charge in [-0.2, -0.15) is 0 Å². The van der Waals surface area contributed by atoms with Gasteiger partial charge in [-0.3, -0.25) is 15.0 Å². The monoisotopic (exact) mass is 326 g/mol. The van der Waals surface area contributed by atoms with Gasteiger partial charge >= 0.3 is 6.03 Å². The molecule has 0 aliphatic carbocycles. The van der Waals surface area contributed by atoms with Crippen LogP contribution in [0.4, 0.5) is 4.79 Å². The molecule has 3 rings (SSSR count). The fourth-order valence-corrected chi connectivity index (χ4v) is 2.68. The van der Waals surface area contributed by atoms with E-state index in [4.69, 9.17) is 11.6 Å². The van der Waals surface area contributed by atoms with Crippen LogP contribution in [0, 0.1) is 0 Å². The van der Waals surface area contributed by atoms with Crippen LogP contribution in [0.3, 0.4) is 0 Å². The van der Waals surface area contributed by atoms with Gasteiger partial charge in [-0.05, 0) is 35.8 Å². The van der Waals surface area contributed by atoms with E-state index in [9.17, 15) is 9.59 Å². The summed E-state index contributed by atoms with van der Waals surface area (Å²) in [5.41, 5.74) is 2.26. The van der Waals surface area contributed by atoms with Gasteiger partial charge in [0.2, 0.25) is 0 Å². The largest absolute Gasteiger partial charge is 0.329 e. The van der Waals surface area contributed by atoms with Crippen LogP contribution in [0.15, 0.2) is 60.3 Å². The quantitative estimate of drug-likeness (QED) is 0.691. The summed E-state index contributed by atoms with van der Waals surface area (Å²) in [5.74, 6) is -0.370. The second-order valence-electron chi connectivity index (χ2n) is 5.23. The highest BCUT2D eigenvalue weighted by Crippen LogP contribution is 2.18. The number of carbonyl (C=O) groups is 2. The third kappa shape index (κ3) is 3.60. The summed E-state index contributed by atoms with van der Waals surface area (Å²) in [4.78, 5) is 25.5. The van der Waals surface area contributed by atoms with Crippen molar-refractivity contribution in [1.29, 1.82) is 0 Å². The number of carbonyl (C=O) groups excluding carboxylic acids is 2. The number of rotatable bonds is 4. The van der Waals surface area contributed by atoms with Crippen molar-refractivity contribution >= 4 is 29.6 Å². The lowest BCUT2D eigenvalue weighted by Crippen LogP contribution is -2.29. The highest BCUT2D eigenvalue weighted by Gasteiger charge is 2.32. The average molecular weight is 327 g/mol. The molecule has 23 heavy (non-hydrogen) atoms. The third-order valence-electron chi connectivity index (χ3n) is 3.61. The van der Waals surface area contributed by atoms with Gasteiger partial charge < -0.3 is 0 Å². The van der Waals surface area contributed by atoms with Gasteiger partial charge in [0.25, 0.3) is 5.91 Å². The Balaban J connectivity index is 1.79. The van der Waals surface area contributed by atoms with Crippen LogP contribution in [-0.2, 0) is 11.2 Å². The number of hydrogen-bond donors (Lipinski definition) is 1. The first-order chi connectivity index (χ1) is 11.1. The molecule has 0 unspecified atom stereocenters. The number of imide groups is 1. The molecule has 1 N–H and O–H groups in total. The fourth-order valence-electron chi connectivity index (χ4n) is 2.47. The standard InChI is InChI=1S/C18H15ClN2O2/c19-15-8-4-7-14(11-15)9-10-21-16(17(22)20-18(21)23)12-13-5-2-1-3-6-13/h1-8,11-12H,9-10H2,(H,20,22,23)/b16-12+. The van der Waals surface area contributed by atoms with E-state index >= 15 is 0 Å². The minimum absolute atomic E-state index is 0.364. The Morgan fingerprint density at radius 3 is 2.57 bits per heavy atom. The lowest BCUT2D eigenvalue weighted by molar-refractivity contribution is -0.116. The molecule has 0 radical (unpaired) electrons. The first-order valence-electron chi connectivity index (χ1n) is 7.27. The van der Waals surface area contributed by atoms with Crippen molar-refractivity contribution in [3.8, 4) is 0 Å². The van der Waals surface area contributed by atoms with Gasteiger partial charge in [-0.15, -0.1) is 0 Å². The predicted molar refractivity (Wildman–Crippen MR) is 89.8 cm³/mol. The second kappa shape index (κ2) is 6.67. The number of nitrogens with one attached hydrogen (secondary N) is 1. The molecule has 0 saturated carbocycles. The molecule has 1 aliphatic rings. The molecule has 0 bridgehead atoms. The molecule has 1 saturated heterocycles. The zero-order valence-electron chi connectivity index (χ0n) is 12.3. The Morgan fingerprint density at radius 2 is 1.83 bits per heavy atom. The highest BCUT2D eigenvalue weighted by atomic mass is 35.5. The fraction of sp³-hybridized carbons (Fsp3) is 0.111. The van der Waals surface area contributed by atoms with Crippen molar-refractivity contribution in [2.24, 2.45) is 0 Å². The van der Waals surface area contributed by atoms with E-state index in [1.807, 2.05) is 48.5 Å². The van der Waals surface area contributed by atoms with Crippen LogP contribution < -0.4 is 5.32 Å². The van der Waals surface area contributed by atoms with Crippen LogP contribution in [0.25, 0.3) is 6.08 Å². The van der Waals surface area contributed by atoms with Crippen LogP contribution in [0.5, 0.6) is 0 Å². The van der Waals surface area contributed by atoms with Crippen LogP contribution >= 0.6 is 11.6 Å². The Kier molecular flexibility index (Phi) is 4.44. The molecule has 0 aromatic heterocycles. The molecular weight excluding hydrogens is 312 g/mol. The molecule has 0 atom stereocenters. The SMILES string of the molecule is O=C1NC(=O)N(CCc2cccc(Cl)c2)/C1=C/c1ccccc1. The molecule has 2 aromatic rings. The molecular formula is C18H15ClN2O2. The first kappa shape index (κ1) is 15.3. The maximum absolute atomic E-state index is 12.0. The van der Waals surface area contributed by atoms with Crippen LogP contribution in [0.1, 0.15) is 11.1 Å². The van der Waals surface area contributed by atoms with Crippen molar-refractivity contribution in [3.63, 3.8) is 0 Å². The van der Waals surface area contributed by atoms with E-state index in [2.05, 4.69) is 5.32 Å². The highest BCUT2D eigenvalue weighted by molar-refractivity contribution is 6.30. The second-order valence-corrected chi connectivity index (χ2v) is 5.67. The van der Waals surface area contributed by atoms with E-state index in [1.165, 1.54) is 4.90 Å². The molecule has 5 heteroatoms. The van der Waals surface area contributed by atoms with Crippen LogP contribution in [0.2, 0.25) is 5.02 Å². The summed E-state index contributed by atoms with van der Waals surface area (Å²) in [6, 6.07) is 16.5. The summed E-state index contributed by atoms with van der Waals surface area (Å²) in [7, 11) is 0. The lowest BCUT2D eigenvalue weighted by Gasteiger charge is -2.15. The minimum atomic E-state index is -0.390. The molecule has 1 aliphatic heterocycles. The maximum Gasteiger partial charge on any atom is 0.329 e. The Labute approximate surface area is 139 Å². The van der Waals surface area contributed by atoms with Crippen LogP contribution in [-0.4, -0.2) is 23.4 Å². The molecule has 1 heterocycles. The molecule has 2 aromatic carbocycles. The molecule has 3 amide bonds. The minimum Gasteiger partial charge on any atom is -0.289 e. The van der Waals surface area contributed by atoms with Crippen molar-refractivity contribution in [2.45, 2.75) is 6.42 Å². The summed E-state index contributed by atoms with van der Waals surface area (Å²) >= 11 is 5.97. The average Bonchev–Trinajstić information content (AvgIpc) is 2.80. The van der Waals surface area contributed by atoms with E-state index in [0.717, 1.165) is 11.1 Å². The predicted octanol–water partition coefficient (Wildman–Crippen LogP) is 3.48. The molecule has 116 valence electrons. The number of nitrogens with zero attached hydrogens (tertiary/aromatic N) is 1. The summed E-state index contributed by atoms with van der Waals surface area (Å²) in [6.45, 7) is 0.413. The first-order valence-corrected chi connectivity index (χ1v) is 7.65. The summed E-state index contributed by atoms with van der Waals surface area (Å²) in [5, 5.41) is 3.00. The maximum atomic E-state index is 12.0. The van der Waals surface area contributed by atoms with Gasteiger partial charge in [0.15, 0.2) is 0 Å². The van der Waals surface area contributed by atoms with Crippen molar-refractivity contribution < 1.29 is 9.59 Å². The van der Waals surface area contributed by atoms with Gasteiger partial charge in [-0.1, -0.05) is 54.1 Å². The number of urea groups is 1. The zero-order chi connectivity index (χ0) is 16.2. The molecule has 4 nitrogen and oxygen atoms in total. The Morgan fingerprint density at radius 1 is 1.04 bits per heavy atom. The summed E-state index contributed by atoms with van der Waals surface area (Å²) < 4.78 is 0. The molecule has 1 fully saturated rings. The Hall–Kier alpha value is -2.59. The number of amides is 3. The zero-order valence-corrected chi connectivity index (χ0v) is 13.1. The topological polar surface area (TPSA) is 49.4 Å². The van der Waals surface area contributed by atoms with Crippen molar-refractivity contribution in [1.82, 2.24) is 10.2 Å². The van der Waals surface area contributed by atoms with Gasteiger partial charge in [0.05, 0.1) is 0 Å². The van der Waals surface area contributed by atoms with E-state index < -0.39 is 0 Å². The van der Waals surface area contributed by atoms with Crippen molar-refractivity contribution in [3.05, 3.63) is 76.4 Å². The van der Waals surface area contributed by atoms with Crippen molar-refractivity contribution in [2.75, 3.05) is 6.54 Å². The third-order valence-corrected chi connectivity index (χ3v) is 3.84. The Bertz CT molecular complexity index is 772. The van der Waals surface area contributed by atoms with Gasteiger partial charge in [-0.25, -0.2) is 4.79 Å². The van der Waals surface area contributed by atoms with Gasteiger partial charge in [0.1, 0.15) is 5.70 Å². The molecule has 0 spiro atoms. The van der Waals surface area contributed by atoms with E-state index in [1.54, 1.807) is 12.1 Å². The van der Waals surface area contributed by atoms with Gasteiger partial charge in [0, 0.05) is 11.6 Å². The number of hydrogen-bond acceptors (Lipinski definition) is 2. The number of halogens is 1. The number of benzene rings is 2. The van der Waals surface area contributed by atoms with E-state index in [-0.39, 0.29) is 11.9 Å². The lowest BCUT2D eigenvalue weighted by atomic mass is 10.1.